The van der Waals surface area contributed by atoms with Gasteiger partial charge in [0.15, 0.2) is 0 Å². The Kier molecular flexibility index (Phi) is 1.87. The summed E-state index contributed by atoms with van der Waals surface area (Å²) >= 11 is 0. The van der Waals surface area contributed by atoms with Crippen LogP contribution in [0.15, 0.2) is 18.2 Å². The van der Waals surface area contributed by atoms with Crippen LogP contribution in [-0.4, -0.2) is 11.9 Å². The molecule has 2 heteroatoms. The maximum absolute atomic E-state index is 5.56. The fourth-order valence-electron chi connectivity index (χ4n) is 1.75. The average Bonchev–Trinajstić information content (AvgIpc) is 2.43. The Morgan fingerprint density at radius 3 is 2.83 bits per heavy atom. The number of hydrogen-bond donors (Lipinski definition) is 1. The number of nitrogens with two attached hydrogens (primary N) is 1. The fourth-order valence-corrected chi connectivity index (χ4v) is 1.75. The highest BCUT2D eigenvalue weighted by Crippen LogP contribution is 2.21. The summed E-state index contributed by atoms with van der Waals surface area (Å²) in [6.45, 7) is 2.81. The lowest BCUT2D eigenvalue weighted by molar-refractivity contribution is 0.353. The second-order valence-corrected chi connectivity index (χ2v) is 3.48. The maximum atomic E-state index is 5.56. The lowest BCUT2D eigenvalue weighted by atomic mass is 10.1. The zero-order valence-electron chi connectivity index (χ0n) is 7.38. The molecule has 1 aliphatic rings. The number of fused-ring (bicyclic) bond motifs is 1. The predicted octanol–water partition coefficient (Wildman–Crippen LogP) is 1.09. The minimum Gasteiger partial charge on any atom is -0.326 e. The summed E-state index contributed by atoms with van der Waals surface area (Å²) in [6, 6.07) is 6.54. The van der Waals surface area contributed by atoms with E-state index in [4.69, 9.17) is 5.73 Å². The van der Waals surface area contributed by atoms with Gasteiger partial charge < -0.3 is 5.73 Å². The van der Waals surface area contributed by atoms with Crippen LogP contribution in [0, 0.1) is 0 Å². The van der Waals surface area contributed by atoms with Gasteiger partial charge in [-0.3, -0.25) is 4.90 Å². The van der Waals surface area contributed by atoms with Crippen LogP contribution in [-0.2, 0) is 19.6 Å². The molecule has 1 aromatic rings. The van der Waals surface area contributed by atoms with E-state index in [0.717, 1.165) is 13.1 Å². The molecule has 1 heterocycles. The molecule has 1 aliphatic heterocycles. The quantitative estimate of drug-likeness (QED) is 0.669. The van der Waals surface area contributed by atoms with Crippen molar-refractivity contribution in [3.8, 4) is 0 Å². The molecule has 0 fully saturated rings. The van der Waals surface area contributed by atoms with Crippen molar-refractivity contribution in [2.75, 3.05) is 7.05 Å². The van der Waals surface area contributed by atoms with Gasteiger partial charge in [-0.25, -0.2) is 0 Å². The van der Waals surface area contributed by atoms with Crippen LogP contribution < -0.4 is 5.73 Å². The van der Waals surface area contributed by atoms with Crippen molar-refractivity contribution in [3.63, 3.8) is 0 Å². The molecule has 0 radical (unpaired) electrons. The van der Waals surface area contributed by atoms with Crippen LogP contribution in [0.4, 0.5) is 0 Å². The molecule has 12 heavy (non-hydrogen) atoms. The van der Waals surface area contributed by atoms with E-state index >= 15 is 0 Å². The Bertz CT molecular complexity index is 294. The lowest BCUT2D eigenvalue weighted by Crippen LogP contribution is -2.07. The van der Waals surface area contributed by atoms with Gasteiger partial charge in [-0.1, -0.05) is 18.2 Å². The SMILES string of the molecule is CN1Cc2ccc(CN)cc2C1. The zero-order valence-corrected chi connectivity index (χ0v) is 7.38. The Balaban J connectivity index is 2.35. The molecule has 0 bridgehead atoms. The predicted molar refractivity (Wildman–Crippen MR) is 49.5 cm³/mol. The third-order valence-electron chi connectivity index (χ3n) is 2.39. The molecule has 0 saturated carbocycles. The van der Waals surface area contributed by atoms with Gasteiger partial charge in [0.2, 0.25) is 0 Å². The van der Waals surface area contributed by atoms with E-state index < -0.39 is 0 Å². The number of hydrogen-bond acceptors (Lipinski definition) is 2. The monoisotopic (exact) mass is 162 g/mol. The molecular weight excluding hydrogens is 148 g/mol. The highest BCUT2D eigenvalue weighted by Gasteiger charge is 2.14. The van der Waals surface area contributed by atoms with Crippen molar-refractivity contribution in [3.05, 3.63) is 34.9 Å². The molecule has 0 aromatic heterocycles. The first-order valence-electron chi connectivity index (χ1n) is 4.29. The van der Waals surface area contributed by atoms with Gasteiger partial charge in [-0.05, 0) is 23.7 Å². The van der Waals surface area contributed by atoms with Crippen molar-refractivity contribution in [2.24, 2.45) is 5.73 Å². The average molecular weight is 162 g/mol. The molecule has 0 saturated heterocycles. The molecule has 2 rings (SSSR count). The Morgan fingerprint density at radius 1 is 1.33 bits per heavy atom. The van der Waals surface area contributed by atoms with Gasteiger partial charge in [-0.2, -0.15) is 0 Å². The van der Waals surface area contributed by atoms with Gasteiger partial charge in [0.05, 0.1) is 0 Å². The van der Waals surface area contributed by atoms with Gasteiger partial charge in [0.1, 0.15) is 0 Å². The molecule has 2 nitrogen and oxygen atoms in total. The number of rotatable bonds is 1. The Labute approximate surface area is 73.0 Å². The first-order chi connectivity index (χ1) is 5.79. The minimum atomic E-state index is 0.650. The van der Waals surface area contributed by atoms with E-state index in [1.807, 2.05) is 0 Å². The zero-order chi connectivity index (χ0) is 8.55. The van der Waals surface area contributed by atoms with Crippen LogP contribution in [0.3, 0.4) is 0 Å². The fraction of sp³-hybridized carbons (Fsp3) is 0.400. The van der Waals surface area contributed by atoms with Gasteiger partial charge in [0.25, 0.3) is 0 Å². The van der Waals surface area contributed by atoms with Crippen LogP contribution in [0.5, 0.6) is 0 Å². The second kappa shape index (κ2) is 2.88. The summed E-state index contributed by atoms with van der Waals surface area (Å²) in [6.07, 6.45) is 0. The van der Waals surface area contributed by atoms with Gasteiger partial charge in [0, 0.05) is 19.6 Å². The smallest absolute Gasteiger partial charge is 0.0237 e. The van der Waals surface area contributed by atoms with Crippen molar-refractivity contribution in [1.82, 2.24) is 4.90 Å². The standard InChI is InChI=1S/C10H14N2/c1-12-6-9-3-2-8(5-11)4-10(9)7-12/h2-4H,5-7,11H2,1H3. The summed E-state index contributed by atoms with van der Waals surface area (Å²) in [5.41, 5.74) is 9.70. The molecule has 0 aliphatic carbocycles. The Morgan fingerprint density at radius 2 is 2.08 bits per heavy atom. The summed E-state index contributed by atoms with van der Waals surface area (Å²) in [4.78, 5) is 2.31. The molecule has 0 atom stereocenters. The topological polar surface area (TPSA) is 29.3 Å². The molecular formula is C10H14N2. The van der Waals surface area contributed by atoms with E-state index in [-0.39, 0.29) is 0 Å². The van der Waals surface area contributed by atoms with Crippen LogP contribution in [0.2, 0.25) is 0 Å². The molecule has 0 spiro atoms. The third-order valence-corrected chi connectivity index (χ3v) is 2.39. The van der Waals surface area contributed by atoms with E-state index in [2.05, 4.69) is 30.1 Å². The summed E-state index contributed by atoms with van der Waals surface area (Å²) in [7, 11) is 2.14. The lowest BCUT2D eigenvalue weighted by Gasteiger charge is -2.02. The maximum Gasteiger partial charge on any atom is 0.0237 e. The highest BCUT2D eigenvalue weighted by atomic mass is 15.1. The van der Waals surface area contributed by atoms with E-state index in [0.29, 0.717) is 6.54 Å². The van der Waals surface area contributed by atoms with Crippen molar-refractivity contribution < 1.29 is 0 Å². The van der Waals surface area contributed by atoms with Crippen molar-refractivity contribution >= 4 is 0 Å². The minimum absolute atomic E-state index is 0.650. The third kappa shape index (κ3) is 1.24. The first kappa shape index (κ1) is 7.77. The molecule has 0 unspecified atom stereocenters. The van der Waals surface area contributed by atoms with Gasteiger partial charge >= 0.3 is 0 Å². The van der Waals surface area contributed by atoms with Crippen molar-refractivity contribution in [1.29, 1.82) is 0 Å². The van der Waals surface area contributed by atoms with Crippen LogP contribution in [0.25, 0.3) is 0 Å². The number of benzene rings is 1. The summed E-state index contributed by atoms with van der Waals surface area (Å²) < 4.78 is 0. The van der Waals surface area contributed by atoms with E-state index in [1.54, 1.807) is 0 Å². The normalized spacial score (nSPS) is 16.5. The molecule has 0 amide bonds. The van der Waals surface area contributed by atoms with E-state index in [9.17, 15) is 0 Å². The van der Waals surface area contributed by atoms with Crippen LogP contribution >= 0.6 is 0 Å². The highest BCUT2D eigenvalue weighted by molar-refractivity contribution is 5.34. The van der Waals surface area contributed by atoms with E-state index in [1.165, 1.54) is 16.7 Å². The first-order valence-corrected chi connectivity index (χ1v) is 4.29. The van der Waals surface area contributed by atoms with Crippen molar-refractivity contribution in [2.45, 2.75) is 19.6 Å². The molecule has 64 valence electrons. The molecule has 2 N–H and O–H groups in total. The Hall–Kier alpha value is -0.860. The van der Waals surface area contributed by atoms with Gasteiger partial charge in [-0.15, -0.1) is 0 Å². The number of nitrogens with zero attached hydrogens (tertiary/aromatic N) is 1. The second-order valence-electron chi connectivity index (χ2n) is 3.48. The summed E-state index contributed by atoms with van der Waals surface area (Å²) in [5.74, 6) is 0. The summed E-state index contributed by atoms with van der Waals surface area (Å²) in [5, 5.41) is 0. The molecule has 1 aromatic carbocycles. The largest absolute Gasteiger partial charge is 0.326 e. The van der Waals surface area contributed by atoms with Crippen LogP contribution in [0.1, 0.15) is 16.7 Å².